The maximum Gasteiger partial charge on any atom is 0.218 e. The van der Waals surface area contributed by atoms with Gasteiger partial charge in [-0.05, 0) is 36.8 Å². The van der Waals surface area contributed by atoms with Crippen LogP contribution in [0.4, 0.5) is 11.4 Å². The lowest BCUT2D eigenvalue weighted by Gasteiger charge is -2.47. The number of alkyl halides is 6. The Balaban J connectivity index is 1.58. The molecule has 156 valence electrons. The Morgan fingerprint density at radius 2 is 1.39 bits per heavy atom. The van der Waals surface area contributed by atoms with E-state index in [1.807, 2.05) is 0 Å². The van der Waals surface area contributed by atoms with Gasteiger partial charge in [-0.25, -0.2) is 0 Å². The summed E-state index contributed by atoms with van der Waals surface area (Å²) in [6.07, 6.45) is 2.40. The van der Waals surface area contributed by atoms with Gasteiger partial charge in [-0.3, -0.25) is 16.0 Å². The van der Waals surface area contributed by atoms with Crippen LogP contribution in [0.25, 0.3) is 0 Å². The highest BCUT2D eigenvalue weighted by atomic mass is 35.6. The van der Waals surface area contributed by atoms with E-state index in [-0.39, 0.29) is 12.2 Å². The summed E-state index contributed by atoms with van der Waals surface area (Å²) in [5.74, 6) is 0. The molecule has 1 aromatic rings. The van der Waals surface area contributed by atoms with Crippen molar-refractivity contribution in [2.45, 2.75) is 57.8 Å². The number of nitrogens with one attached hydrogen (secondary N) is 5. The summed E-state index contributed by atoms with van der Waals surface area (Å²) in [4.78, 5) is 0. The zero-order valence-corrected chi connectivity index (χ0v) is 19.3. The number of fused-ring (bicyclic) bond motifs is 3. The van der Waals surface area contributed by atoms with Crippen molar-refractivity contribution in [3.8, 4) is 0 Å². The number of aryl methyl sites for hydroxylation is 2. The quantitative estimate of drug-likeness (QED) is 0.367. The molecule has 0 radical (unpaired) electrons. The van der Waals surface area contributed by atoms with Gasteiger partial charge >= 0.3 is 0 Å². The van der Waals surface area contributed by atoms with E-state index in [2.05, 4.69) is 38.7 Å². The Morgan fingerprint density at radius 1 is 0.786 bits per heavy atom. The lowest BCUT2D eigenvalue weighted by Crippen LogP contribution is -2.76. The average molecular weight is 508 g/mol. The molecule has 3 aliphatic heterocycles. The third-order valence-electron chi connectivity index (χ3n) is 5.44. The van der Waals surface area contributed by atoms with Crippen molar-refractivity contribution >= 4 is 81.0 Å². The first-order chi connectivity index (χ1) is 13.1. The van der Waals surface area contributed by atoms with E-state index in [1.54, 1.807) is 0 Å². The SMILES string of the molecule is ClC(Cl)(Cl)C1NC(C2CCc3ccc4c(c3N2)NCCC4)NC(C(Cl)(Cl)Cl)N1. The first kappa shape index (κ1) is 21.7. The molecule has 0 aliphatic carbocycles. The normalized spacial score (nSPS) is 30.6. The van der Waals surface area contributed by atoms with Crippen LogP contribution in [0.15, 0.2) is 12.1 Å². The first-order valence-electron chi connectivity index (χ1n) is 9.19. The zero-order valence-electron chi connectivity index (χ0n) is 14.8. The van der Waals surface area contributed by atoms with Gasteiger partial charge in [-0.15, -0.1) is 0 Å². The lowest BCUT2D eigenvalue weighted by atomic mass is 9.91. The zero-order chi connectivity index (χ0) is 20.1. The topological polar surface area (TPSA) is 60.1 Å². The second-order valence-electron chi connectivity index (χ2n) is 7.38. The monoisotopic (exact) mass is 505 g/mol. The molecule has 3 heterocycles. The van der Waals surface area contributed by atoms with Crippen LogP contribution in [0.1, 0.15) is 24.0 Å². The summed E-state index contributed by atoms with van der Waals surface area (Å²) in [5.41, 5.74) is 4.97. The highest BCUT2D eigenvalue weighted by Crippen LogP contribution is 2.39. The molecule has 0 amide bonds. The molecule has 3 unspecified atom stereocenters. The van der Waals surface area contributed by atoms with Gasteiger partial charge in [-0.1, -0.05) is 81.7 Å². The molecule has 1 fully saturated rings. The third-order valence-corrected chi connectivity index (χ3v) is 6.75. The Bertz CT molecular complexity index is 712. The number of rotatable bonds is 1. The van der Waals surface area contributed by atoms with Crippen LogP contribution in [0, 0.1) is 0 Å². The molecule has 28 heavy (non-hydrogen) atoms. The van der Waals surface area contributed by atoms with Crippen LogP contribution in [0.5, 0.6) is 0 Å². The van der Waals surface area contributed by atoms with Gasteiger partial charge in [0.05, 0.1) is 23.6 Å². The average Bonchev–Trinajstić information content (AvgIpc) is 2.65. The van der Waals surface area contributed by atoms with Gasteiger partial charge in [0.2, 0.25) is 7.59 Å². The van der Waals surface area contributed by atoms with Crippen LogP contribution in [-0.4, -0.2) is 38.7 Å². The molecule has 5 N–H and O–H groups in total. The Labute approximate surface area is 194 Å². The highest BCUT2D eigenvalue weighted by molar-refractivity contribution is 6.68. The van der Waals surface area contributed by atoms with Crippen molar-refractivity contribution in [1.82, 2.24) is 16.0 Å². The Morgan fingerprint density at radius 3 is 2.00 bits per heavy atom. The third kappa shape index (κ3) is 4.53. The molecule has 4 rings (SSSR count). The molecule has 0 aromatic heterocycles. The van der Waals surface area contributed by atoms with Gasteiger partial charge in [0, 0.05) is 6.54 Å². The van der Waals surface area contributed by atoms with Crippen molar-refractivity contribution in [3.05, 3.63) is 23.3 Å². The minimum absolute atomic E-state index is 0.0227. The van der Waals surface area contributed by atoms with Crippen LogP contribution in [-0.2, 0) is 12.8 Å². The molecular weight excluding hydrogens is 487 g/mol. The van der Waals surface area contributed by atoms with Crippen LogP contribution in [0.2, 0.25) is 0 Å². The fourth-order valence-corrected chi connectivity index (χ4v) is 4.82. The van der Waals surface area contributed by atoms with E-state index in [9.17, 15) is 0 Å². The number of hydrogen-bond acceptors (Lipinski definition) is 5. The summed E-state index contributed by atoms with van der Waals surface area (Å²) < 4.78 is -3.22. The summed E-state index contributed by atoms with van der Waals surface area (Å²) in [5, 5.41) is 16.8. The van der Waals surface area contributed by atoms with Crippen molar-refractivity contribution in [3.63, 3.8) is 0 Å². The van der Waals surface area contributed by atoms with Crippen LogP contribution >= 0.6 is 69.6 Å². The van der Waals surface area contributed by atoms with Gasteiger partial charge in [-0.2, -0.15) is 0 Å². The minimum Gasteiger partial charge on any atom is -0.383 e. The van der Waals surface area contributed by atoms with E-state index in [4.69, 9.17) is 69.6 Å². The second-order valence-corrected chi connectivity index (χ2v) is 12.1. The molecule has 1 aromatic carbocycles. The Hall–Kier alpha value is 0.440. The van der Waals surface area contributed by atoms with Crippen molar-refractivity contribution in [1.29, 1.82) is 0 Å². The molecule has 0 saturated carbocycles. The van der Waals surface area contributed by atoms with E-state index < -0.39 is 19.9 Å². The number of halogens is 6. The molecule has 3 aliphatic rings. The fraction of sp³-hybridized carbons (Fsp3) is 0.647. The summed E-state index contributed by atoms with van der Waals surface area (Å²) in [6, 6.07) is 4.46. The minimum atomic E-state index is -1.61. The van der Waals surface area contributed by atoms with E-state index in [1.165, 1.54) is 16.8 Å². The molecule has 0 spiro atoms. The number of anilines is 2. The fourth-order valence-electron chi connectivity index (χ4n) is 4.06. The number of benzene rings is 1. The van der Waals surface area contributed by atoms with Crippen molar-refractivity contribution < 1.29 is 0 Å². The molecule has 3 atom stereocenters. The summed E-state index contributed by atoms with van der Waals surface area (Å²) >= 11 is 36.8. The summed E-state index contributed by atoms with van der Waals surface area (Å²) in [7, 11) is 0. The summed E-state index contributed by atoms with van der Waals surface area (Å²) in [6.45, 7) is 0.977. The van der Waals surface area contributed by atoms with Crippen LogP contribution in [0.3, 0.4) is 0 Å². The largest absolute Gasteiger partial charge is 0.383 e. The maximum atomic E-state index is 6.13. The maximum absolute atomic E-state index is 6.13. The van der Waals surface area contributed by atoms with E-state index in [0.717, 1.165) is 37.9 Å². The second kappa shape index (κ2) is 8.18. The van der Waals surface area contributed by atoms with Crippen molar-refractivity contribution in [2.75, 3.05) is 17.2 Å². The molecule has 1 saturated heterocycles. The number of hydrogen-bond donors (Lipinski definition) is 5. The predicted molar refractivity (Wildman–Crippen MR) is 120 cm³/mol. The highest BCUT2D eigenvalue weighted by Gasteiger charge is 2.47. The standard InChI is InChI=1S/C17H21Cl6N5/c18-16(19,20)14-26-13(27-15(28-14)17(21,22)23)10-6-5-9-4-3-8-2-1-7-24-11(8)12(9)25-10/h3-4,10,13-15,24-28H,1-2,5-7H2. The predicted octanol–water partition coefficient (Wildman–Crippen LogP) is 4.27. The van der Waals surface area contributed by atoms with Gasteiger partial charge < -0.3 is 10.6 Å². The molecule has 5 nitrogen and oxygen atoms in total. The lowest BCUT2D eigenvalue weighted by molar-refractivity contribution is 0.182. The van der Waals surface area contributed by atoms with Crippen molar-refractivity contribution in [2.24, 2.45) is 0 Å². The smallest absolute Gasteiger partial charge is 0.218 e. The van der Waals surface area contributed by atoms with Gasteiger partial charge in [0.25, 0.3) is 0 Å². The molecule has 11 heteroatoms. The van der Waals surface area contributed by atoms with Gasteiger partial charge in [0.15, 0.2) is 0 Å². The Kier molecular flexibility index (Phi) is 6.33. The van der Waals surface area contributed by atoms with Gasteiger partial charge in [0.1, 0.15) is 12.3 Å². The first-order valence-corrected chi connectivity index (χ1v) is 11.5. The van der Waals surface area contributed by atoms with E-state index in [0.29, 0.717) is 0 Å². The van der Waals surface area contributed by atoms with E-state index >= 15 is 0 Å². The molecular formula is C17H21Cl6N5. The van der Waals surface area contributed by atoms with Crippen LogP contribution < -0.4 is 26.6 Å². The molecule has 0 bridgehead atoms.